The predicted molar refractivity (Wildman–Crippen MR) is 130 cm³/mol. The Hall–Kier alpha value is -2.43. The molecule has 2 atom stereocenters. The number of nitrogens with one attached hydrogen (secondary N) is 2. The molecule has 2 N–H and O–H groups in total. The van der Waals surface area contributed by atoms with Gasteiger partial charge >= 0.3 is 5.69 Å². The van der Waals surface area contributed by atoms with Crippen LogP contribution in [0.4, 0.5) is 0 Å². The third-order valence-corrected chi connectivity index (χ3v) is 7.25. The van der Waals surface area contributed by atoms with E-state index in [9.17, 15) is 18.0 Å². The minimum absolute atomic E-state index is 0.0582. The van der Waals surface area contributed by atoms with E-state index in [0.29, 0.717) is 0 Å². The van der Waals surface area contributed by atoms with Gasteiger partial charge in [-0.05, 0) is 55.7 Å². The summed E-state index contributed by atoms with van der Waals surface area (Å²) in [4.78, 5) is 24.9. The Bertz CT molecular complexity index is 1140. The number of sulfonamides is 1. The molecule has 1 aliphatic carbocycles. The first-order valence-corrected chi connectivity index (χ1v) is 13.6. The van der Waals surface area contributed by atoms with Crippen molar-refractivity contribution in [2.45, 2.75) is 71.2 Å². The summed E-state index contributed by atoms with van der Waals surface area (Å²) >= 11 is 0. The summed E-state index contributed by atoms with van der Waals surface area (Å²) in [5.41, 5.74) is -0.129. The topological polar surface area (TPSA) is 119 Å². The number of aromatic amines is 1. The fourth-order valence-electron chi connectivity index (χ4n) is 3.82. The molecule has 1 fully saturated rings. The van der Waals surface area contributed by atoms with Gasteiger partial charge in [-0.2, -0.15) is 0 Å². The van der Waals surface area contributed by atoms with Gasteiger partial charge in [-0.25, -0.2) is 17.9 Å². The maximum absolute atomic E-state index is 12.8. The molecular formula is C24H35N3O6S. The Labute approximate surface area is 200 Å². The number of aromatic nitrogens is 2. The van der Waals surface area contributed by atoms with Crippen LogP contribution in [0, 0.1) is 5.92 Å². The second kappa shape index (κ2) is 12.3. The fraction of sp³-hybridized carbons (Fsp3) is 0.583. The minimum atomic E-state index is -3.53. The molecule has 0 radical (unpaired) electrons. The molecule has 10 heteroatoms. The molecule has 1 heterocycles. The maximum atomic E-state index is 12.8. The third-order valence-electron chi connectivity index (χ3n) is 5.81. The summed E-state index contributed by atoms with van der Waals surface area (Å²) in [6, 6.07) is 8.69. The molecular weight excluding hydrogens is 458 g/mol. The van der Waals surface area contributed by atoms with Gasteiger partial charge in [-0.3, -0.25) is 14.3 Å². The summed E-state index contributed by atoms with van der Waals surface area (Å²) in [5.74, 6) is 0.973. The lowest BCUT2D eigenvalue weighted by Gasteiger charge is -2.21. The SMILES string of the molecule is CCCC(CC)Oc1cccc([C@H](NS(=O)(=O)CCCOCn2ccc(=O)[nH]c2=O)C2CC2)c1. The van der Waals surface area contributed by atoms with Gasteiger partial charge in [0.05, 0.1) is 11.9 Å². The molecule has 0 bridgehead atoms. The van der Waals surface area contributed by atoms with Crippen molar-refractivity contribution in [2.24, 2.45) is 5.92 Å². The summed E-state index contributed by atoms with van der Waals surface area (Å²) in [6.07, 6.45) is 6.71. The molecule has 0 spiro atoms. The van der Waals surface area contributed by atoms with E-state index < -0.39 is 21.3 Å². The predicted octanol–water partition coefficient (Wildman–Crippen LogP) is 2.93. The van der Waals surface area contributed by atoms with Gasteiger partial charge in [0.25, 0.3) is 5.56 Å². The first-order valence-electron chi connectivity index (χ1n) is 12.0. The second-order valence-corrected chi connectivity index (χ2v) is 10.6. The molecule has 34 heavy (non-hydrogen) atoms. The van der Waals surface area contributed by atoms with Gasteiger partial charge in [-0.1, -0.05) is 32.4 Å². The zero-order valence-electron chi connectivity index (χ0n) is 19.9. The normalized spacial score (nSPS) is 15.7. The van der Waals surface area contributed by atoms with E-state index in [1.54, 1.807) is 0 Å². The van der Waals surface area contributed by atoms with Crippen LogP contribution in [0.15, 0.2) is 46.1 Å². The van der Waals surface area contributed by atoms with Crippen LogP contribution in [0.5, 0.6) is 5.75 Å². The van der Waals surface area contributed by atoms with Crippen LogP contribution in [-0.4, -0.2) is 36.4 Å². The van der Waals surface area contributed by atoms with Crippen molar-refractivity contribution in [1.82, 2.24) is 14.3 Å². The fourth-order valence-corrected chi connectivity index (χ4v) is 5.15. The van der Waals surface area contributed by atoms with Crippen LogP contribution in [0.2, 0.25) is 0 Å². The number of rotatable bonds is 15. The molecule has 1 aliphatic rings. The molecule has 0 aliphatic heterocycles. The van der Waals surface area contributed by atoms with Gasteiger partial charge in [0.1, 0.15) is 12.5 Å². The Morgan fingerprint density at radius 2 is 2.00 bits per heavy atom. The van der Waals surface area contributed by atoms with Gasteiger partial charge in [0, 0.05) is 24.9 Å². The molecule has 1 unspecified atom stereocenters. The zero-order chi connectivity index (χ0) is 24.6. The monoisotopic (exact) mass is 493 g/mol. The van der Waals surface area contributed by atoms with Gasteiger partial charge < -0.3 is 9.47 Å². The quantitative estimate of drug-likeness (QED) is 0.368. The highest BCUT2D eigenvalue weighted by molar-refractivity contribution is 7.89. The molecule has 9 nitrogen and oxygen atoms in total. The number of nitrogens with zero attached hydrogens (tertiary/aromatic N) is 1. The average Bonchev–Trinajstić information content (AvgIpc) is 3.64. The number of ether oxygens (including phenoxy) is 2. The number of benzene rings is 1. The van der Waals surface area contributed by atoms with Gasteiger partial charge in [0.15, 0.2) is 0 Å². The highest BCUT2D eigenvalue weighted by Gasteiger charge is 2.35. The van der Waals surface area contributed by atoms with Gasteiger partial charge in [-0.15, -0.1) is 0 Å². The highest BCUT2D eigenvalue weighted by atomic mass is 32.2. The summed E-state index contributed by atoms with van der Waals surface area (Å²) in [6.45, 7) is 4.35. The van der Waals surface area contributed by atoms with Crippen LogP contribution in [0.1, 0.15) is 64.0 Å². The smallest absolute Gasteiger partial charge is 0.330 e. The Kier molecular flexibility index (Phi) is 9.49. The van der Waals surface area contributed by atoms with E-state index in [1.165, 1.54) is 16.8 Å². The highest BCUT2D eigenvalue weighted by Crippen LogP contribution is 2.42. The average molecular weight is 494 g/mol. The third kappa shape index (κ3) is 8.11. The van der Waals surface area contributed by atoms with Crippen molar-refractivity contribution in [3.8, 4) is 5.75 Å². The van der Waals surface area contributed by atoms with Crippen molar-refractivity contribution in [2.75, 3.05) is 12.4 Å². The lowest BCUT2D eigenvalue weighted by atomic mass is 10.0. The molecule has 2 aromatic rings. The van der Waals surface area contributed by atoms with E-state index in [4.69, 9.17) is 9.47 Å². The van der Waals surface area contributed by atoms with Crippen LogP contribution in [0.25, 0.3) is 0 Å². The van der Waals surface area contributed by atoms with Crippen LogP contribution >= 0.6 is 0 Å². The van der Waals surface area contributed by atoms with Crippen LogP contribution in [0.3, 0.4) is 0 Å². The standard InChI is InChI=1S/C24H35N3O6S/c1-3-7-20(4-2)33-21-9-5-8-19(16-21)23(18-10-11-18)26-34(30,31)15-6-14-32-17-27-13-12-22(28)25-24(27)29/h5,8-9,12-13,16,18,20,23,26H,3-4,6-7,10-11,14-15,17H2,1-2H3,(H,25,28,29)/t20?,23-/m1/s1. The molecule has 1 aromatic heterocycles. The van der Waals surface area contributed by atoms with E-state index in [1.807, 2.05) is 24.3 Å². The number of hydrogen-bond acceptors (Lipinski definition) is 6. The molecule has 0 saturated heterocycles. The minimum Gasteiger partial charge on any atom is -0.490 e. The number of H-pyrrole nitrogens is 1. The molecule has 1 aromatic carbocycles. The van der Waals surface area contributed by atoms with Crippen LogP contribution < -0.4 is 20.7 Å². The summed E-state index contributed by atoms with van der Waals surface area (Å²) in [7, 11) is -3.53. The summed E-state index contributed by atoms with van der Waals surface area (Å²) in [5, 5.41) is 0. The van der Waals surface area contributed by atoms with Gasteiger partial charge in [0.2, 0.25) is 10.0 Å². The van der Waals surface area contributed by atoms with E-state index >= 15 is 0 Å². The van der Waals surface area contributed by atoms with E-state index in [-0.39, 0.29) is 43.6 Å². The molecule has 1 saturated carbocycles. The first kappa shape index (κ1) is 26.2. The van der Waals surface area contributed by atoms with Crippen molar-refractivity contribution >= 4 is 10.0 Å². The Morgan fingerprint density at radius 3 is 2.68 bits per heavy atom. The lowest BCUT2D eigenvalue weighted by molar-refractivity contribution is 0.0744. The van der Waals surface area contributed by atoms with E-state index in [2.05, 4.69) is 23.6 Å². The Morgan fingerprint density at radius 1 is 1.21 bits per heavy atom. The maximum Gasteiger partial charge on any atom is 0.330 e. The molecule has 0 amide bonds. The largest absolute Gasteiger partial charge is 0.490 e. The molecule has 3 rings (SSSR count). The van der Waals surface area contributed by atoms with Crippen molar-refractivity contribution < 1.29 is 17.9 Å². The Balaban J connectivity index is 1.54. The summed E-state index contributed by atoms with van der Waals surface area (Å²) < 4.78 is 41.2. The van der Waals surface area contributed by atoms with Crippen molar-refractivity contribution in [1.29, 1.82) is 0 Å². The zero-order valence-corrected chi connectivity index (χ0v) is 20.7. The van der Waals surface area contributed by atoms with E-state index in [0.717, 1.165) is 43.4 Å². The van der Waals surface area contributed by atoms with Crippen molar-refractivity contribution in [3.63, 3.8) is 0 Å². The first-order chi connectivity index (χ1) is 16.3. The lowest BCUT2D eigenvalue weighted by Crippen LogP contribution is -2.32. The molecule has 188 valence electrons. The van der Waals surface area contributed by atoms with Crippen LogP contribution in [-0.2, 0) is 21.5 Å². The second-order valence-electron chi connectivity index (χ2n) is 8.73. The van der Waals surface area contributed by atoms with Crippen molar-refractivity contribution in [3.05, 3.63) is 62.9 Å². The number of hydrogen-bond donors (Lipinski definition) is 2.